The Kier molecular flexibility index (Phi) is 3.09. The van der Waals surface area contributed by atoms with Crippen LogP contribution in [0.1, 0.15) is 5.56 Å². The molecule has 0 amide bonds. The fourth-order valence-corrected chi connectivity index (χ4v) is 1.39. The van der Waals surface area contributed by atoms with Crippen LogP contribution in [-0.4, -0.2) is 11.6 Å². The predicted molar refractivity (Wildman–Crippen MR) is 50.7 cm³/mol. The lowest BCUT2D eigenvalue weighted by Gasteiger charge is -2.08. The Morgan fingerprint density at radius 1 is 1.46 bits per heavy atom. The zero-order chi connectivity index (χ0) is 9.90. The molecular weight excluding hydrogens is 189 g/mol. The Morgan fingerprint density at radius 2 is 2.00 bits per heavy atom. The first kappa shape index (κ1) is 10.3. The Balaban J connectivity index is 2.76. The second kappa shape index (κ2) is 3.92. The van der Waals surface area contributed by atoms with Gasteiger partial charge < -0.3 is 15.2 Å². The lowest BCUT2D eigenvalue weighted by Crippen LogP contribution is -1.95. The summed E-state index contributed by atoms with van der Waals surface area (Å²) in [6.07, 6.45) is 0. The van der Waals surface area contributed by atoms with Crippen molar-refractivity contribution in [3.8, 4) is 5.75 Å². The molecule has 0 spiro atoms. The SMILES string of the molecule is CP(=O)(O)Oc1ccc(CN)cc1. The molecule has 0 bridgehead atoms. The highest BCUT2D eigenvalue weighted by Gasteiger charge is 2.10. The standard InChI is InChI=1S/C8H12NO3P/c1-13(10,11)12-8-4-2-7(6-9)3-5-8/h2-5H,6,9H2,1H3,(H,10,11). The third kappa shape index (κ3) is 3.59. The third-order valence-electron chi connectivity index (χ3n) is 1.43. The molecule has 1 aromatic carbocycles. The molecule has 3 N–H and O–H groups in total. The molecule has 4 nitrogen and oxygen atoms in total. The summed E-state index contributed by atoms with van der Waals surface area (Å²) in [5.41, 5.74) is 6.34. The maximum Gasteiger partial charge on any atom is 0.373 e. The van der Waals surface area contributed by atoms with Gasteiger partial charge in [0.25, 0.3) is 0 Å². The lowest BCUT2D eigenvalue weighted by molar-refractivity contribution is 0.387. The molecule has 5 heteroatoms. The molecule has 1 atom stereocenters. The first-order valence-electron chi connectivity index (χ1n) is 3.80. The van der Waals surface area contributed by atoms with Gasteiger partial charge in [0.2, 0.25) is 0 Å². The molecule has 0 heterocycles. The zero-order valence-corrected chi connectivity index (χ0v) is 8.20. The van der Waals surface area contributed by atoms with Crippen LogP contribution in [0.5, 0.6) is 5.75 Å². The van der Waals surface area contributed by atoms with E-state index in [-0.39, 0.29) is 0 Å². The third-order valence-corrected chi connectivity index (χ3v) is 1.98. The van der Waals surface area contributed by atoms with Crippen molar-refractivity contribution < 1.29 is 14.0 Å². The quantitative estimate of drug-likeness (QED) is 0.724. The minimum absolute atomic E-state index is 0.380. The molecule has 13 heavy (non-hydrogen) atoms. The Hall–Kier alpha value is -0.830. The molecule has 0 aliphatic rings. The van der Waals surface area contributed by atoms with Crippen molar-refractivity contribution in [2.75, 3.05) is 6.66 Å². The van der Waals surface area contributed by atoms with Crippen molar-refractivity contribution in [1.29, 1.82) is 0 Å². The fraction of sp³-hybridized carbons (Fsp3) is 0.250. The summed E-state index contributed by atoms with van der Waals surface area (Å²) in [6, 6.07) is 6.75. The summed E-state index contributed by atoms with van der Waals surface area (Å²) >= 11 is 0. The number of hydrogen-bond acceptors (Lipinski definition) is 3. The monoisotopic (exact) mass is 201 g/mol. The van der Waals surface area contributed by atoms with Gasteiger partial charge in [-0.15, -0.1) is 0 Å². The number of hydrogen-bond donors (Lipinski definition) is 2. The van der Waals surface area contributed by atoms with E-state index in [0.29, 0.717) is 12.3 Å². The highest BCUT2D eigenvalue weighted by Crippen LogP contribution is 2.37. The predicted octanol–water partition coefficient (Wildman–Crippen LogP) is 1.34. The van der Waals surface area contributed by atoms with Crippen LogP contribution in [0.2, 0.25) is 0 Å². The minimum atomic E-state index is -3.44. The molecule has 0 aliphatic heterocycles. The van der Waals surface area contributed by atoms with Gasteiger partial charge in [0.15, 0.2) is 0 Å². The molecule has 0 saturated heterocycles. The van der Waals surface area contributed by atoms with Gasteiger partial charge >= 0.3 is 7.60 Å². The minimum Gasteiger partial charge on any atom is -0.425 e. The smallest absolute Gasteiger partial charge is 0.373 e. The highest BCUT2D eigenvalue weighted by molar-refractivity contribution is 7.52. The van der Waals surface area contributed by atoms with Gasteiger partial charge in [-0.1, -0.05) is 12.1 Å². The first-order valence-corrected chi connectivity index (χ1v) is 5.82. The summed E-state index contributed by atoms with van der Waals surface area (Å²) in [5, 5.41) is 0. The summed E-state index contributed by atoms with van der Waals surface area (Å²) in [6.45, 7) is 1.59. The first-order chi connectivity index (χ1) is 6.01. The molecule has 72 valence electrons. The summed E-state index contributed by atoms with van der Waals surface area (Å²) in [7, 11) is -3.44. The van der Waals surface area contributed by atoms with Crippen molar-refractivity contribution >= 4 is 7.60 Å². The molecule has 0 saturated carbocycles. The number of nitrogens with two attached hydrogens (primary N) is 1. The van der Waals surface area contributed by atoms with Gasteiger partial charge in [-0.3, -0.25) is 0 Å². The maximum atomic E-state index is 10.8. The van der Waals surface area contributed by atoms with Gasteiger partial charge in [-0.2, -0.15) is 0 Å². The van der Waals surface area contributed by atoms with Crippen LogP contribution in [-0.2, 0) is 11.1 Å². The number of benzene rings is 1. The van der Waals surface area contributed by atoms with Crippen LogP contribution in [0.15, 0.2) is 24.3 Å². The molecular formula is C8H12NO3P. The lowest BCUT2D eigenvalue weighted by atomic mass is 10.2. The van der Waals surface area contributed by atoms with E-state index in [1.54, 1.807) is 24.3 Å². The van der Waals surface area contributed by atoms with Crippen LogP contribution < -0.4 is 10.3 Å². The van der Waals surface area contributed by atoms with Crippen molar-refractivity contribution in [2.45, 2.75) is 6.54 Å². The van der Waals surface area contributed by atoms with Crippen LogP contribution in [0.4, 0.5) is 0 Å². The van der Waals surface area contributed by atoms with Crippen LogP contribution in [0.25, 0.3) is 0 Å². The highest BCUT2D eigenvalue weighted by atomic mass is 31.2. The van der Waals surface area contributed by atoms with Crippen LogP contribution in [0, 0.1) is 0 Å². The van der Waals surface area contributed by atoms with Crippen molar-refractivity contribution in [1.82, 2.24) is 0 Å². The zero-order valence-electron chi connectivity index (χ0n) is 7.30. The second-order valence-electron chi connectivity index (χ2n) is 2.74. The topological polar surface area (TPSA) is 72.5 Å². The molecule has 1 unspecified atom stereocenters. The van der Waals surface area contributed by atoms with E-state index in [9.17, 15) is 4.57 Å². The largest absolute Gasteiger partial charge is 0.425 e. The Labute approximate surface area is 76.9 Å². The van der Waals surface area contributed by atoms with E-state index in [4.69, 9.17) is 15.2 Å². The van der Waals surface area contributed by atoms with Crippen molar-refractivity contribution in [3.05, 3.63) is 29.8 Å². The molecule has 0 aromatic heterocycles. The second-order valence-corrected chi connectivity index (χ2v) is 4.53. The van der Waals surface area contributed by atoms with E-state index in [0.717, 1.165) is 12.2 Å². The van der Waals surface area contributed by atoms with Crippen LogP contribution in [0.3, 0.4) is 0 Å². The summed E-state index contributed by atoms with van der Waals surface area (Å²) < 4.78 is 15.6. The number of rotatable bonds is 3. The van der Waals surface area contributed by atoms with E-state index < -0.39 is 7.60 Å². The molecule has 0 aliphatic carbocycles. The summed E-state index contributed by atoms with van der Waals surface area (Å²) in [5.74, 6) is 0.380. The van der Waals surface area contributed by atoms with Gasteiger partial charge in [0, 0.05) is 13.2 Å². The van der Waals surface area contributed by atoms with Crippen molar-refractivity contribution in [3.63, 3.8) is 0 Å². The molecule has 1 rings (SSSR count). The van der Waals surface area contributed by atoms with E-state index >= 15 is 0 Å². The molecule has 0 radical (unpaired) electrons. The van der Waals surface area contributed by atoms with Gasteiger partial charge in [-0.25, -0.2) is 4.57 Å². The molecule has 0 fully saturated rings. The van der Waals surface area contributed by atoms with Crippen molar-refractivity contribution in [2.24, 2.45) is 5.73 Å². The maximum absolute atomic E-state index is 10.8. The summed E-state index contributed by atoms with van der Waals surface area (Å²) in [4.78, 5) is 8.91. The van der Waals surface area contributed by atoms with Gasteiger partial charge in [-0.05, 0) is 17.7 Å². The Morgan fingerprint density at radius 3 is 2.38 bits per heavy atom. The van der Waals surface area contributed by atoms with E-state index in [1.807, 2.05) is 0 Å². The molecule has 1 aromatic rings. The van der Waals surface area contributed by atoms with E-state index in [1.165, 1.54) is 0 Å². The van der Waals surface area contributed by atoms with Gasteiger partial charge in [0.05, 0.1) is 0 Å². The van der Waals surface area contributed by atoms with Crippen LogP contribution >= 0.6 is 7.60 Å². The normalized spacial score (nSPS) is 15.0. The average Bonchev–Trinajstić information content (AvgIpc) is 2.03. The fourth-order valence-electron chi connectivity index (χ4n) is 0.882. The van der Waals surface area contributed by atoms with Gasteiger partial charge in [0.1, 0.15) is 5.75 Å². The average molecular weight is 201 g/mol. The Bertz CT molecular complexity index is 317. The van der Waals surface area contributed by atoms with E-state index in [2.05, 4.69) is 0 Å².